The maximum Gasteiger partial charge on any atom is 0.161 e. The van der Waals surface area contributed by atoms with E-state index in [1.165, 1.54) is 6.42 Å². The predicted octanol–water partition coefficient (Wildman–Crippen LogP) is 1.43. The molecule has 0 radical (unpaired) electrons. The van der Waals surface area contributed by atoms with E-state index in [-0.39, 0.29) is 12.4 Å². The summed E-state index contributed by atoms with van der Waals surface area (Å²) in [5, 5.41) is 0. The number of nitrogens with zero attached hydrogens (tertiary/aromatic N) is 1. The summed E-state index contributed by atoms with van der Waals surface area (Å²) in [4.78, 5) is 2.38. The van der Waals surface area contributed by atoms with Crippen LogP contribution in [-0.4, -0.2) is 70.0 Å². The second-order valence-electron chi connectivity index (χ2n) is 6.03. The summed E-state index contributed by atoms with van der Waals surface area (Å²) in [5.41, 5.74) is 0. The third-order valence-corrected chi connectivity index (χ3v) is 4.43. The Hall–Kier alpha value is -0.460. The Balaban J connectivity index is 1.27. The summed E-state index contributed by atoms with van der Waals surface area (Å²) in [5.74, 6) is 0.522. The molecule has 2 heterocycles. The normalized spacial score (nSPS) is 34.4. The van der Waals surface area contributed by atoms with Gasteiger partial charge in [0, 0.05) is 25.6 Å². The van der Waals surface area contributed by atoms with Crippen molar-refractivity contribution in [3.8, 4) is 0 Å². The molecule has 0 unspecified atom stereocenters. The van der Waals surface area contributed by atoms with Crippen molar-refractivity contribution in [3.63, 3.8) is 0 Å². The minimum atomic E-state index is -0.0252. The summed E-state index contributed by atoms with van der Waals surface area (Å²) in [7, 11) is 0. The molecule has 2 aliphatic heterocycles. The third-order valence-electron chi connectivity index (χ3n) is 4.43. The highest BCUT2D eigenvalue weighted by Crippen LogP contribution is 2.28. The van der Waals surface area contributed by atoms with Crippen molar-refractivity contribution in [1.29, 1.82) is 0 Å². The second-order valence-corrected chi connectivity index (χ2v) is 6.03. The first-order valence-corrected chi connectivity index (χ1v) is 8.22. The van der Waals surface area contributed by atoms with Crippen molar-refractivity contribution >= 4 is 0 Å². The number of hydrogen-bond acceptors (Lipinski definition) is 5. The molecule has 0 bridgehead atoms. The monoisotopic (exact) mass is 297 g/mol. The zero-order valence-corrected chi connectivity index (χ0v) is 12.7. The molecular formula is C16H27NO4. The molecule has 0 aromatic heterocycles. The standard InChI is InChI=1S/C16H27NO4/c1-2-4-14(5-3-1)16-20-13-15(21-16)12-19-11-8-17-6-9-18-10-7-17/h1-2,14-16H,3-13H2/t14-,15+,16-/m0/s1. The van der Waals surface area contributed by atoms with Gasteiger partial charge in [0.25, 0.3) is 0 Å². The van der Waals surface area contributed by atoms with Crippen molar-refractivity contribution < 1.29 is 18.9 Å². The first-order valence-electron chi connectivity index (χ1n) is 8.22. The van der Waals surface area contributed by atoms with Crippen LogP contribution in [0.15, 0.2) is 12.2 Å². The minimum Gasteiger partial charge on any atom is -0.379 e. The molecule has 5 heteroatoms. The van der Waals surface area contributed by atoms with E-state index in [1.807, 2.05) is 0 Å². The molecule has 2 fully saturated rings. The van der Waals surface area contributed by atoms with Gasteiger partial charge in [-0.05, 0) is 19.3 Å². The van der Waals surface area contributed by atoms with E-state index >= 15 is 0 Å². The minimum absolute atomic E-state index is 0.0252. The molecule has 3 atom stereocenters. The summed E-state index contributed by atoms with van der Waals surface area (Å²) in [6.45, 7) is 6.78. The SMILES string of the molecule is C1=CC[C@H]([C@H]2OC[C@@H](COCCN3CCOCC3)O2)CC1. The summed E-state index contributed by atoms with van der Waals surface area (Å²) in [6, 6.07) is 0. The number of allylic oxidation sites excluding steroid dienone is 2. The average Bonchev–Trinajstić information content (AvgIpc) is 3.02. The van der Waals surface area contributed by atoms with Crippen LogP contribution in [0.5, 0.6) is 0 Å². The highest BCUT2D eigenvalue weighted by molar-refractivity contribution is 4.91. The van der Waals surface area contributed by atoms with Crippen molar-refractivity contribution in [2.75, 3.05) is 52.7 Å². The van der Waals surface area contributed by atoms with Gasteiger partial charge in [-0.2, -0.15) is 0 Å². The van der Waals surface area contributed by atoms with Crippen LogP contribution in [0.4, 0.5) is 0 Å². The molecule has 0 saturated carbocycles. The van der Waals surface area contributed by atoms with E-state index in [0.717, 1.165) is 52.3 Å². The number of ether oxygens (including phenoxy) is 4. The molecule has 3 rings (SSSR count). The largest absolute Gasteiger partial charge is 0.379 e. The molecule has 21 heavy (non-hydrogen) atoms. The van der Waals surface area contributed by atoms with Gasteiger partial charge >= 0.3 is 0 Å². The predicted molar refractivity (Wildman–Crippen MR) is 79.2 cm³/mol. The number of hydrogen-bond donors (Lipinski definition) is 0. The molecule has 0 aromatic rings. The van der Waals surface area contributed by atoms with Gasteiger partial charge in [-0.25, -0.2) is 0 Å². The van der Waals surface area contributed by atoms with E-state index in [0.29, 0.717) is 19.1 Å². The van der Waals surface area contributed by atoms with Crippen LogP contribution >= 0.6 is 0 Å². The van der Waals surface area contributed by atoms with E-state index in [2.05, 4.69) is 17.1 Å². The van der Waals surface area contributed by atoms with E-state index in [9.17, 15) is 0 Å². The van der Waals surface area contributed by atoms with Crippen LogP contribution in [0.25, 0.3) is 0 Å². The Labute approximate surface area is 127 Å². The average molecular weight is 297 g/mol. The van der Waals surface area contributed by atoms with Crippen molar-refractivity contribution in [2.45, 2.75) is 31.7 Å². The molecule has 0 spiro atoms. The molecule has 0 N–H and O–H groups in total. The summed E-state index contributed by atoms with van der Waals surface area (Å²) >= 11 is 0. The Kier molecular flexibility index (Phi) is 6.06. The molecule has 0 aromatic carbocycles. The van der Waals surface area contributed by atoms with Crippen molar-refractivity contribution in [3.05, 3.63) is 12.2 Å². The highest BCUT2D eigenvalue weighted by atomic mass is 16.7. The maximum absolute atomic E-state index is 5.98. The Bertz CT molecular complexity index is 330. The van der Waals surface area contributed by atoms with Gasteiger partial charge in [0.15, 0.2) is 6.29 Å². The van der Waals surface area contributed by atoms with Crippen molar-refractivity contribution in [1.82, 2.24) is 4.90 Å². The molecule has 120 valence electrons. The first kappa shape index (κ1) is 15.4. The van der Waals surface area contributed by atoms with E-state index < -0.39 is 0 Å². The van der Waals surface area contributed by atoms with Crippen LogP contribution in [-0.2, 0) is 18.9 Å². The van der Waals surface area contributed by atoms with Crippen molar-refractivity contribution in [2.24, 2.45) is 5.92 Å². The molecule has 1 aliphatic carbocycles. The molecule has 3 aliphatic rings. The Morgan fingerprint density at radius 3 is 2.90 bits per heavy atom. The first-order chi connectivity index (χ1) is 10.4. The molecular weight excluding hydrogens is 270 g/mol. The zero-order valence-electron chi connectivity index (χ0n) is 12.7. The third kappa shape index (κ3) is 4.76. The Morgan fingerprint density at radius 1 is 1.19 bits per heavy atom. The van der Waals surface area contributed by atoms with E-state index in [1.54, 1.807) is 0 Å². The topological polar surface area (TPSA) is 40.2 Å². The number of morpholine rings is 1. The fourth-order valence-corrected chi connectivity index (χ4v) is 3.10. The summed E-state index contributed by atoms with van der Waals surface area (Å²) < 4.78 is 22.9. The maximum atomic E-state index is 5.98. The quantitative estimate of drug-likeness (QED) is 0.548. The van der Waals surface area contributed by atoms with Gasteiger partial charge in [0.1, 0.15) is 6.10 Å². The second kappa shape index (κ2) is 8.25. The van der Waals surface area contributed by atoms with Crippen LogP contribution in [0.2, 0.25) is 0 Å². The van der Waals surface area contributed by atoms with Gasteiger partial charge in [0.05, 0.1) is 33.0 Å². The zero-order chi connectivity index (χ0) is 14.3. The van der Waals surface area contributed by atoms with Crippen LogP contribution in [0.3, 0.4) is 0 Å². The van der Waals surface area contributed by atoms with Gasteiger partial charge in [0.2, 0.25) is 0 Å². The lowest BCUT2D eigenvalue weighted by molar-refractivity contribution is -0.108. The van der Waals surface area contributed by atoms with Gasteiger partial charge in [-0.3, -0.25) is 4.90 Å². The van der Waals surface area contributed by atoms with Gasteiger partial charge in [-0.1, -0.05) is 12.2 Å². The van der Waals surface area contributed by atoms with Crippen LogP contribution in [0, 0.1) is 5.92 Å². The van der Waals surface area contributed by atoms with Crippen LogP contribution in [0.1, 0.15) is 19.3 Å². The van der Waals surface area contributed by atoms with Crippen LogP contribution < -0.4 is 0 Å². The smallest absolute Gasteiger partial charge is 0.161 e. The summed E-state index contributed by atoms with van der Waals surface area (Å²) in [6.07, 6.45) is 7.97. The lowest BCUT2D eigenvalue weighted by Gasteiger charge is -2.26. The fraction of sp³-hybridized carbons (Fsp3) is 0.875. The highest BCUT2D eigenvalue weighted by Gasteiger charge is 2.32. The van der Waals surface area contributed by atoms with Gasteiger partial charge in [-0.15, -0.1) is 0 Å². The number of rotatable bonds is 6. The lowest BCUT2D eigenvalue weighted by Crippen LogP contribution is -2.38. The molecule has 0 amide bonds. The molecule has 5 nitrogen and oxygen atoms in total. The molecule has 2 saturated heterocycles. The Morgan fingerprint density at radius 2 is 2.10 bits per heavy atom. The van der Waals surface area contributed by atoms with Gasteiger partial charge < -0.3 is 18.9 Å². The lowest BCUT2D eigenvalue weighted by atomic mass is 9.94. The van der Waals surface area contributed by atoms with E-state index in [4.69, 9.17) is 18.9 Å². The fourth-order valence-electron chi connectivity index (χ4n) is 3.10.